The van der Waals surface area contributed by atoms with Gasteiger partial charge in [-0.25, -0.2) is 4.98 Å². The van der Waals surface area contributed by atoms with Crippen LogP contribution in [0.4, 0.5) is 5.95 Å². The number of hydrogen-bond acceptors (Lipinski definition) is 9. The zero-order valence-electron chi connectivity index (χ0n) is 25.8. The minimum absolute atomic E-state index is 0.00597. The largest absolute Gasteiger partial charge is 0.490 e. The minimum atomic E-state index is -0.245. The standard InChI is InChI=1S/C35H40N4O7/c40-18-6-8-20-45-31-21-24(22-36-35-37-28-11-3-4-12-29(28)39(35)32-16-14-25(23-41)46-32)13-15-30(31)44-19-7-5-17-38-33(42)26-9-1-2-10-27(26)34(38)43/h1-4,9-13,15,21,25,32,40-41H,5-8,14,16-20,22-23H2,(H,36,37)/t25-,32+/m0/s1. The van der Waals surface area contributed by atoms with Crippen molar-refractivity contribution in [1.82, 2.24) is 14.5 Å². The lowest BCUT2D eigenvalue weighted by molar-refractivity contribution is -0.0195. The first-order chi connectivity index (χ1) is 22.6. The van der Waals surface area contributed by atoms with Crippen molar-refractivity contribution in [3.63, 3.8) is 0 Å². The van der Waals surface area contributed by atoms with Crippen LogP contribution in [0.2, 0.25) is 0 Å². The Labute approximate surface area is 267 Å². The second-order valence-corrected chi connectivity index (χ2v) is 11.5. The van der Waals surface area contributed by atoms with Crippen LogP contribution in [0, 0.1) is 0 Å². The van der Waals surface area contributed by atoms with Crippen molar-refractivity contribution in [2.75, 3.05) is 38.3 Å². The lowest BCUT2D eigenvalue weighted by atomic mass is 10.1. The molecule has 0 spiro atoms. The number of ether oxygens (including phenoxy) is 3. The number of carbonyl (C=O) groups is 2. The van der Waals surface area contributed by atoms with E-state index in [2.05, 4.69) is 9.88 Å². The number of fused-ring (bicyclic) bond motifs is 2. The number of carbonyl (C=O) groups excluding carboxylic acids is 2. The van der Waals surface area contributed by atoms with Crippen molar-refractivity contribution >= 4 is 28.8 Å². The number of unbranched alkanes of at least 4 members (excludes halogenated alkanes) is 2. The maximum Gasteiger partial charge on any atom is 0.261 e. The van der Waals surface area contributed by atoms with Crippen LogP contribution in [0.25, 0.3) is 11.0 Å². The molecule has 2 atom stereocenters. The van der Waals surface area contributed by atoms with Crippen LogP contribution in [0.5, 0.6) is 11.5 Å². The van der Waals surface area contributed by atoms with E-state index in [9.17, 15) is 19.8 Å². The molecule has 2 amide bonds. The minimum Gasteiger partial charge on any atom is -0.490 e. The highest BCUT2D eigenvalue weighted by molar-refractivity contribution is 6.21. The lowest BCUT2D eigenvalue weighted by Crippen LogP contribution is -2.30. The summed E-state index contributed by atoms with van der Waals surface area (Å²) in [6.07, 6.45) is 3.79. The van der Waals surface area contributed by atoms with Crippen LogP contribution in [0.1, 0.15) is 71.0 Å². The molecule has 1 saturated heterocycles. The fourth-order valence-corrected chi connectivity index (χ4v) is 5.94. The van der Waals surface area contributed by atoms with Crippen LogP contribution in [0.15, 0.2) is 66.7 Å². The topological polar surface area (TPSA) is 135 Å². The molecular weight excluding hydrogens is 588 g/mol. The third kappa shape index (κ3) is 6.86. The monoisotopic (exact) mass is 628 g/mol. The summed E-state index contributed by atoms with van der Waals surface area (Å²) in [5.74, 6) is 1.41. The normalized spacial score (nSPS) is 17.6. The molecule has 0 bridgehead atoms. The quantitative estimate of drug-likeness (QED) is 0.117. The summed E-state index contributed by atoms with van der Waals surface area (Å²) in [5.41, 5.74) is 3.71. The Bertz CT molecular complexity index is 1640. The number of nitrogens with one attached hydrogen (secondary N) is 1. The molecule has 0 radical (unpaired) electrons. The van der Waals surface area contributed by atoms with E-state index in [1.54, 1.807) is 24.3 Å². The number of rotatable bonds is 16. The smallest absolute Gasteiger partial charge is 0.261 e. The van der Waals surface area contributed by atoms with Gasteiger partial charge in [-0.05, 0) is 80.5 Å². The van der Waals surface area contributed by atoms with Crippen LogP contribution >= 0.6 is 0 Å². The number of para-hydroxylation sites is 2. The molecule has 0 aliphatic carbocycles. The molecule has 2 aliphatic rings. The van der Waals surface area contributed by atoms with E-state index in [0.29, 0.717) is 80.6 Å². The van der Waals surface area contributed by atoms with Gasteiger partial charge in [0.15, 0.2) is 11.5 Å². The van der Waals surface area contributed by atoms with Crippen molar-refractivity contribution in [2.24, 2.45) is 0 Å². The molecule has 11 heteroatoms. The van der Waals surface area contributed by atoms with Crippen molar-refractivity contribution < 1.29 is 34.0 Å². The Morgan fingerprint density at radius 3 is 2.30 bits per heavy atom. The van der Waals surface area contributed by atoms with Gasteiger partial charge in [0.25, 0.3) is 11.8 Å². The van der Waals surface area contributed by atoms with E-state index in [4.69, 9.17) is 19.2 Å². The van der Waals surface area contributed by atoms with Crippen LogP contribution in [0.3, 0.4) is 0 Å². The van der Waals surface area contributed by atoms with Crippen molar-refractivity contribution in [2.45, 2.75) is 57.4 Å². The average molecular weight is 629 g/mol. The molecule has 4 aromatic rings. The highest BCUT2D eigenvalue weighted by Crippen LogP contribution is 2.35. The maximum absolute atomic E-state index is 12.6. The van der Waals surface area contributed by atoms with E-state index in [0.717, 1.165) is 29.4 Å². The molecule has 242 valence electrons. The number of hydrogen-bond donors (Lipinski definition) is 3. The first-order valence-corrected chi connectivity index (χ1v) is 16.0. The SMILES string of the molecule is O=C1c2ccccc2C(=O)N1CCCCOc1ccc(CNc2nc3ccccc3n2[C@H]2CC[C@@H](CO)O2)cc1OCCCCO. The summed E-state index contributed by atoms with van der Waals surface area (Å²) in [6.45, 7) is 1.75. The number of aliphatic hydroxyl groups excluding tert-OH is 2. The summed E-state index contributed by atoms with van der Waals surface area (Å²) < 4.78 is 20.4. The van der Waals surface area contributed by atoms with Gasteiger partial charge < -0.3 is 29.7 Å². The number of imidazole rings is 1. The average Bonchev–Trinajstić information content (AvgIpc) is 3.77. The highest BCUT2D eigenvalue weighted by Gasteiger charge is 2.34. The number of aliphatic hydroxyl groups is 2. The molecule has 1 aromatic heterocycles. The number of anilines is 1. The van der Waals surface area contributed by atoms with Crippen LogP contribution < -0.4 is 14.8 Å². The second kappa shape index (κ2) is 14.8. The maximum atomic E-state index is 12.6. The van der Waals surface area contributed by atoms with Gasteiger partial charge in [-0.1, -0.05) is 30.3 Å². The molecule has 2 aliphatic heterocycles. The van der Waals surface area contributed by atoms with Crippen LogP contribution in [-0.2, 0) is 11.3 Å². The molecule has 3 heterocycles. The Hall–Kier alpha value is -4.45. The summed E-state index contributed by atoms with van der Waals surface area (Å²) in [5, 5.41) is 22.3. The van der Waals surface area contributed by atoms with Crippen molar-refractivity contribution in [3.8, 4) is 11.5 Å². The lowest BCUT2D eigenvalue weighted by Gasteiger charge is -2.19. The summed E-state index contributed by atoms with van der Waals surface area (Å²) in [7, 11) is 0. The van der Waals surface area contributed by atoms with E-state index < -0.39 is 0 Å². The van der Waals surface area contributed by atoms with Crippen LogP contribution in [-0.4, -0.2) is 75.6 Å². The van der Waals surface area contributed by atoms with Crippen molar-refractivity contribution in [3.05, 3.63) is 83.4 Å². The number of nitrogens with zero attached hydrogens (tertiary/aromatic N) is 3. The fourth-order valence-electron chi connectivity index (χ4n) is 5.94. The van der Waals surface area contributed by atoms with Gasteiger partial charge >= 0.3 is 0 Å². The Kier molecular flexibility index (Phi) is 10.1. The molecule has 11 nitrogen and oxygen atoms in total. The number of imide groups is 1. The molecule has 46 heavy (non-hydrogen) atoms. The molecule has 0 saturated carbocycles. The third-order valence-electron chi connectivity index (χ3n) is 8.35. The van der Waals surface area contributed by atoms with Gasteiger partial charge in [0.1, 0.15) is 6.23 Å². The van der Waals surface area contributed by atoms with Gasteiger partial charge in [-0.15, -0.1) is 0 Å². The highest BCUT2D eigenvalue weighted by atomic mass is 16.5. The van der Waals surface area contributed by atoms with E-state index in [1.807, 2.05) is 42.5 Å². The summed E-state index contributed by atoms with van der Waals surface area (Å²) in [6, 6.07) is 20.6. The summed E-state index contributed by atoms with van der Waals surface area (Å²) >= 11 is 0. The summed E-state index contributed by atoms with van der Waals surface area (Å²) in [4.78, 5) is 31.4. The van der Waals surface area contributed by atoms with Gasteiger partial charge in [-0.2, -0.15) is 0 Å². The zero-order valence-corrected chi connectivity index (χ0v) is 25.8. The Balaban J connectivity index is 1.08. The molecule has 6 rings (SSSR count). The van der Waals surface area contributed by atoms with Crippen molar-refractivity contribution in [1.29, 1.82) is 0 Å². The third-order valence-corrected chi connectivity index (χ3v) is 8.35. The Morgan fingerprint density at radius 2 is 1.57 bits per heavy atom. The van der Waals surface area contributed by atoms with Gasteiger partial charge in [0.2, 0.25) is 5.95 Å². The second-order valence-electron chi connectivity index (χ2n) is 11.5. The van der Waals surface area contributed by atoms with Gasteiger partial charge in [-0.3, -0.25) is 19.1 Å². The predicted molar refractivity (Wildman–Crippen MR) is 172 cm³/mol. The number of benzene rings is 3. The molecule has 3 N–H and O–H groups in total. The van der Waals surface area contributed by atoms with E-state index >= 15 is 0 Å². The molecular formula is C35H40N4O7. The zero-order chi connectivity index (χ0) is 31.9. The molecule has 0 unspecified atom stereocenters. The van der Waals surface area contributed by atoms with Gasteiger partial charge in [0, 0.05) is 19.7 Å². The predicted octanol–water partition coefficient (Wildman–Crippen LogP) is 4.92. The first kappa shape index (κ1) is 31.5. The number of aromatic nitrogens is 2. The molecule has 1 fully saturated rings. The molecule has 3 aromatic carbocycles. The van der Waals surface area contributed by atoms with E-state index in [-0.39, 0.29) is 37.4 Å². The van der Waals surface area contributed by atoms with Gasteiger partial charge in [0.05, 0.1) is 48.1 Å². The Morgan fingerprint density at radius 1 is 0.848 bits per heavy atom. The van der Waals surface area contributed by atoms with E-state index in [1.165, 1.54) is 4.90 Å². The first-order valence-electron chi connectivity index (χ1n) is 16.0. The fraction of sp³-hybridized carbons (Fsp3) is 0.400. The number of amides is 2.